The monoisotopic (exact) mass is 298 g/mol. The Morgan fingerprint density at radius 3 is 2.30 bits per heavy atom. The Hall–Kier alpha value is -2.15. The average Bonchev–Trinajstić information content (AvgIpc) is 2.87. The first-order valence-corrected chi connectivity index (χ1v) is 6.20. The van der Waals surface area contributed by atoms with Crippen LogP contribution >= 0.6 is 11.5 Å². The molecule has 2 N–H and O–H groups in total. The third-order valence-electron chi connectivity index (χ3n) is 2.62. The Labute approximate surface area is 116 Å². The molecule has 0 spiro atoms. The number of benzene rings is 1. The molecule has 1 amide bonds. The Balaban J connectivity index is 2.29. The van der Waals surface area contributed by atoms with Crippen LogP contribution in [-0.2, 0) is 11.0 Å². The summed E-state index contributed by atoms with van der Waals surface area (Å²) in [5.41, 5.74) is 6.52. The number of nitrogens with two attached hydrogens (primary N) is 1. The van der Waals surface area contributed by atoms with Crippen molar-refractivity contribution in [3.8, 4) is 11.3 Å². The van der Waals surface area contributed by atoms with Gasteiger partial charge in [-0.05, 0) is 23.2 Å². The topological polar surface area (TPSA) is 56.0 Å². The van der Waals surface area contributed by atoms with Crippen molar-refractivity contribution in [1.29, 1.82) is 0 Å². The molecule has 104 valence electrons. The van der Waals surface area contributed by atoms with Crippen molar-refractivity contribution in [2.24, 2.45) is 5.73 Å². The minimum atomic E-state index is -4.39. The number of primary amides is 1. The number of halogens is 3. The summed E-state index contributed by atoms with van der Waals surface area (Å²) in [7, 11) is 0. The van der Waals surface area contributed by atoms with Crippen molar-refractivity contribution in [3.05, 3.63) is 47.4 Å². The zero-order valence-electron chi connectivity index (χ0n) is 10.1. The second-order valence-corrected chi connectivity index (χ2v) is 4.80. The molecule has 2 rings (SSSR count). The van der Waals surface area contributed by atoms with E-state index in [0.29, 0.717) is 22.7 Å². The maximum Gasteiger partial charge on any atom is 0.427 e. The number of hydrogen-bond acceptors (Lipinski definition) is 3. The van der Waals surface area contributed by atoms with Crippen LogP contribution in [0.4, 0.5) is 13.2 Å². The summed E-state index contributed by atoms with van der Waals surface area (Å²) < 4.78 is 41.2. The smallest absolute Gasteiger partial charge is 0.366 e. The fraction of sp³-hybridized carbons (Fsp3) is 0.0769. The van der Waals surface area contributed by atoms with E-state index < -0.39 is 17.0 Å². The van der Waals surface area contributed by atoms with Crippen molar-refractivity contribution in [2.45, 2.75) is 6.18 Å². The lowest BCUT2D eigenvalue weighted by Crippen LogP contribution is -2.11. The molecular formula is C13H9F3N2OS. The molecule has 2 aromatic rings. The van der Waals surface area contributed by atoms with Gasteiger partial charge >= 0.3 is 6.18 Å². The number of amides is 1. The van der Waals surface area contributed by atoms with E-state index in [1.165, 1.54) is 0 Å². The molecule has 0 atom stereocenters. The van der Waals surface area contributed by atoms with Gasteiger partial charge in [0.2, 0.25) is 5.91 Å². The molecule has 0 aliphatic heterocycles. The quantitative estimate of drug-likeness (QED) is 0.884. The third-order valence-corrected chi connectivity index (χ3v) is 3.45. The average molecular weight is 298 g/mol. The highest BCUT2D eigenvalue weighted by atomic mass is 32.1. The van der Waals surface area contributed by atoms with Crippen LogP contribution in [0.1, 0.15) is 10.4 Å². The van der Waals surface area contributed by atoms with E-state index in [-0.39, 0.29) is 11.3 Å². The van der Waals surface area contributed by atoms with E-state index >= 15 is 0 Å². The summed E-state index contributed by atoms with van der Waals surface area (Å²) in [5.74, 6) is -0.647. The predicted molar refractivity (Wildman–Crippen MR) is 70.8 cm³/mol. The third kappa shape index (κ3) is 2.88. The first kappa shape index (κ1) is 14.3. The molecule has 0 saturated heterocycles. The van der Waals surface area contributed by atoms with Crippen molar-refractivity contribution in [1.82, 2.24) is 4.37 Å². The number of aromatic nitrogens is 1. The van der Waals surface area contributed by atoms with Crippen molar-refractivity contribution in [3.63, 3.8) is 0 Å². The number of hydrogen-bond donors (Lipinski definition) is 1. The Kier molecular flexibility index (Phi) is 3.63. The highest BCUT2D eigenvalue weighted by Crippen LogP contribution is 2.35. The van der Waals surface area contributed by atoms with Crippen LogP contribution < -0.4 is 5.73 Å². The number of carbonyl (C=O) groups is 1. The van der Waals surface area contributed by atoms with Crippen LogP contribution in [0.25, 0.3) is 16.8 Å². The second kappa shape index (κ2) is 5.09. The van der Waals surface area contributed by atoms with Crippen LogP contribution in [0.3, 0.4) is 0 Å². The molecule has 1 aromatic heterocycles. The highest BCUT2D eigenvalue weighted by molar-refractivity contribution is 7.06. The van der Waals surface area contributed by atoms with E-state index in [4.69, 9.17) is 5.73 Å². The largest absolute Gasteiger partial charge is 0.427 e. The number of alkyl halides is 3. The highest BCUT2D eigenvalue weighted by Gasteiger charge is 2.33. The van der Waals surface area contributed by atoms with Gasteiger partial charge in [-0.15, -0.1) is 0 Å². The number of nitrogens with zero attached hydrogens (tertiary/aromatic N) is 1. The van der Waals surface area contributed by atoms with Crippen molar-refractivity contribution >= 4 is 23.0 Å². The summed E-state index contributed by atoms with van der Waals surface area (Å²) in [6.07, 6.45) is -4.39. The first-order valence-electron chi connectivity index (χ1n) is 5.42. The Morgan fingerprint density at radius 1 is 1.25 bits per heavy atom. The van der Waals surface area contributed by atoms with Crippen LogP contribution in [0.2, 0.25) is 0 Å². The normalized spacial score (nSPS) is 11.3. The molecule has 7 heteroatoms. The van der Waals surface area contributed by atoms with E-state index in [9.17, 15) is 18.0 Å². The van der Waals surface area contributed by atoms with Crippen LogP contribution in [-0.4, -0.2) is 10.3 Å². The lowest BCUT2D eigenvalue weighted by Gasteiger charge is -2.03. The maximum atomic E-state index is 12.5. The van der Waals surface area contributed by atoms with E-state index in [1.54, 1.807) is 24.3 Å². The van der Waals surface area contributed by atoms with Crippen LogP contribution in [0.5, 0.6) is 0 Å². The van der Waals surface area contributed by atoms with E-state index in [0.717, 1.165) is 6.07 Å². The maximum absolute atomic E-state index is 12.5. The lowest BCUT2D eigenvalue weighted by molar-refractivity contribution is -0.134. The van der Waals surface area contributed by atoms with Gasteiger partial charge in [0.25, 0.3) is 0 Å². The minimum Gasteiger partial charge on any atom is -0.366 e. The van der Waals surface area contributed by atoms with Gasteiger partial charge in [0.05, 0.1) is 5.69 Å². The van der Waals surface area contributed by atoms with Crippen LogP contribution in [0.15, 0.2) is 36.9 Å². The minimum absolute atomic E-state index is 0.144. The Bertz CT molecular complexity index is 659. The van der Waals surface area contributed by atoms with Gasteiger partial charge in [-0.1, -0.05) is 30.8 Å². The predicted octanol–water partition coefficient (Wildman–Crippen LogP) is 3.33. The number of rotatable bonds is 3. The lowest BCUT2D eigenvalue weighted by atomic mass is 10.0. The SMILES string of the molecule is C=C(C(N)=O)c1ccc(-c2cc(C(F)(F)F)sn2)cc1. The molecule has 1 aromatic carbocycles. The molecular weight excluding hydrogens is 289 g/mol. The summed E-state index contributed by atoms with van der Waals surface area (Å²) in [5, 5.41) is 0. The Morgan fingerprint density at radius 2 is 1.85 bits per heavy atom. The standard InChI is InChI=1S/C13H9F3N2OS/c1-7(12(17)19)8-2-4-9(5-3-8)10-6-11(20-18-10)13(14,15)16/h2-6H,1H2,(H2,17,19). The summed E-state index contributed by atoms with van der Waals surface area (Å²) in [6.45, 7) is 3.53. The molecule has 0 bridgehead atoms. The van der Waals surface area contributed by atoms with Crippen molar-refractivity contribution < 1.29 is 18.0 Å². The van der Waals surface area contributed by atoms with E-state index in [2.05, 4.69) is 11.0 Å². The van der Waals surface area contributed by atoms with Gasteiger partial charge in [-0.3, -0.25) is 4.79 Å². The van der Waals surface area contributed by atoms with Crippen molar-refractivity contribution in [2.75, 3.05) is 0 Å². The first-order chi connectivity index (χ1) is 9.29. The molecule has 0 fully saturated rings. The van der Waals surface area contributed by atoms with Gasteiger partial charge in [-0.25, -0.2) is 0 Å². The van der Waals surface area contributed by atoms with Gasteiger partial charge in [0.15, 0.2) is 0 Å². The van der Waals surface area contributed by atoms with Gasteiger partial charge in [-0.2, -0.15) is 17.5 Å². The summed E-state index contributed by atoms with van der Waals surface area (Å²) >= 11 is 0.400. The summed E-state index contributed by atoms with van der Waals surface area (Å²) in [4.78, 5) is 10.2. The molecule has 20 heavy (non-hydrogen) atoms. The van der Waals surface area contributed by atoms with Crippen LogP contribution in [0, 0.1) is 0 Å². The second-order valence-electron chi connectivity index (χ2n) is 3.99. The fourth-order valence-electron chi connectivity index (χ4n) is 1.53. The molecule has 1 heterocycles. The van der Waals surface area contributed by atoms with E-state index in [1.807, 2.05) is 0 Å². The zero-order valence-corrected chi connectivity index (χ0v) is 10.9. The zero-order chi connectivity index (χ0) is 14.9. The molecule has 0 unspecified atom stereocenters. The van der Waals surface area contributed by atoms with Gasteiger partial charge in [0, 0.05) is 11.1 Å². The fourth-order valence-corrected chi connectivity index (χ4v) is 2.15. The molecule has 0 aliphatic rings. The van der Waals surface area contributed by atoms with Gasteiger partial charge < -0.3 is 5.73 Å². The molecule has 0 radical (unpaired) electrons. The molecule has 0 aliphatic carbocycles. The summed E-state index contributed by atoms with van der Waals surface area (Å²) in [6, 6.07) is 7.25. The molecule has 3 nitrogen and oxygen atoms in total. The number of carbonyl (C=O) groups excluding carboxylic acids is 1. The van der Waals surface area contributed by atoms with Gasteiger partial charge in [0.1, 0.15) is 4.88 Å². The molecule has 0 saturated carbocycles.